The summed E-state index contributed by atoms with van der Waals surface area (Å²) in [5, 5.41) is 6.25. The Bertz CT molecular complexity index is 890. The van der Waals surface area contributed by atoms with Gasteiger partial charge in [0, 0.05) is 24.7 Å². The van der Waals surface area contributed by atoms with Gasteiger partial charge in [0.1, 0.15) is 5.84 Å². The van der Waals surface area contributed by atoms with E-state index in [1.807, 2.05) is 0 Å². The van der Waals surface area contributed by atoms with Crippen molar-refractivity contribution in [2.75, 3.05) is 18.4 Å². The second kappa shape index (κ2) is 9.47. The molecule has 3 rings (SSSR count). The van der Waals surface area contributed by atoms with Crippen molar-refractivity contribution in [3.63, 3.8) is 0 Å². The number of amidine groups is 1. The molecule has 30 heavy (non-hydrogen) atoms. The molecule has 2 aliphatic rings. The Morgan fingerprint density at radius 3 is 2.63 bits per heavy atom. The van der Waals surface area contributed by atoms with Gasteiger partial charge in [0.15, 0.2) is 0 Å². The zero-order valence-electron chi connectivity index (χ0n) is 18.2. The van der Waals surface area contributed by atoms with Crippen molar-refractivity contribution in [2.24, 2.45) is 16.3 Å². The molecule has 1 saturated carbocycles. The maximum absolute atomic E-state index is 12.6. The number of aliphatic imine (C=N–C) groups is 1. The van der Waals surface area contributed by atoms with Gasteiger partial charge in [-0.3, -0.25) is 14.5 Å². The molecule has 0 bridgehead atoms. The Balaban J connectivity index is 1.58. The lowest BCUT2D eigenvalue weighted by atomic mass is 9.69. The third-order valence-corrected chi connectivity index (χ3v) is 7.34. The van der Waals surface area contributed by atoms with E-state index in [2.05, 4.69) is 41.1 Å². The van der Waals surface area contributed by atoms with E-state index in [1.54, 1.807) is 12.1 Å². The molecule has 1 amide bonds. The van der Waals surface area contributed by atoms with Crippen LogP contribution in [0, 0.1) is 11.3 Å². The van der Waals surface area contributed by atoms with Crippen molar-refractivity contribution in [3.05, 3.63) is 24.3 Å². The molecular weight excluding hydrogens is 400 g/mol. The highest BCUT2D eigenvalue weighted by Gasteiger charge is 2.34. The van der Waals surface area contributed by atoms with Crippen LogP contribution in [0.4, 0.5) is 5.69 Å². The minimum Gasteiger partial charge on any atom is -0.325 e. The standard InChI is InChI=1S/C22H34N4O3S/c1-22(2,3)18-10-4-5-11-19(18)24-15-21(27)25-16-8-6-9-17(14-16)30(28,29)26-20-12-7-13-23-20/h6,8-9,14,18-19,24H,4-5,7,10-13,15H2,1-3H3,(H,23,26)(H,25,27). The minimum absolute atomic E-state index is 0.114. The predicted molar refractivity (Wildman–Crippen MR) is 120 cm³/mol. The minimum atomic E-state index is -3.70. The summed E-state index contributed by atoms with van der Waals surface area (Å²) in [5.74, 6) is 0.863. The van der Waals surface area contributed by atoms with Gasteiger partial charge in [-0.15, -0.1) is 0 Å². The van der Waals surface area contributed by atoms with Crippen molar-refractivity contribution in [1.82, 2.24) is 10.0 Å². The number of nitrogens with one attached hydrogen (secondary N) is 3. The average molecular weight is 435 g/mol. The van der Waals surface area contributed by atoms with Crippen LogP contribution >= 0.6 is 0 Å². The zero-order valence-corrected chi connectivity index (χ0v) is 19.0. The number of benzene rings is 1. The first kappa shape index (κ1) is 22.7. The molecule has 1 aliphatic carbocycles. The summed E-state index contributed by atoms with van der Waals surface area (Å²) < 4.78 is 27.7. The molecule has 1 aliphatic heterocycles. The molecule has 1 fully saturated rings. The fourth-order valence-electron chi connectivity index (χ4n) is 4.42. The molecule has 8 heteroatoms. The molecule has 0 spiro atoms. The Labute approximate surface area is 180 Å². The summed E-state index contributed by atoms with van der Waals surface area (Å²) in [5.41, 5.74) is 0.669. The first-order valence-corrected chi connectivity index (χ1v) is 12.3. The molecule has 1 aromatic rings. The van der Waals surface area contributed by atoms with Crippen LogP contribution in [-0.4, -0.2) is 39.3 Å². The lowest BCUT2D eigenvalue weighted by molar-refractivity contribution is -0.115. The van der Waals surface area contributed by atoms with Crippen LogP contribution in [0.2, 0.25) is 0 Å². The van der Waals surface area contributed by atoms with Crippen LogP contribution in [0.1, 0.15) is 59.3 Å². The molecule has 0 aromatic heterocycles. The highest BCUT2D eigenvalue weighted by atomic mass is 32.2. The Morgan fingerprint density at radius 1 is 1.17 bits per heavy atom. The number of carbonyl (C=O) groups is 1. The SMILES string of the molecule is CC(C)(C)C1CCCCC1NCC(=O)Nc1cccc(S(=O)(=O)NC2=NCCC2)c1. The highest BCUT2D eigenvalue weighted by Crippen LogP contribution is 2.37. The lowest BCUT2D eigenvalue weighted by Gasteiger charge is -2.40. The van der Waals surface area contributed by atoms with E-state index in [4.69, 9.17) is 0 Å². The van der Waals surface area contributed by atoms with Gasteiger partial charge < -0.3 is 10.6 Å². The van der Waals surface area contributed by atoms with Gasteiger partial charge in [-0.05, 0) is 48.8 Å². The van der Waals surface area contributed by atoms with Gasteiger partial charge in [-0.2, -0.15) is 0 Å². The molecule has 0 radical (unpaired) electrons. The smallest absolute Gasteiger partial charge is 0.262 e. The van der Waals surface area contributed by atoms with Gasteiger partial charge in [-0.25, -0.2) is 8.42 Å². The lowest BCUT2D eigenvalue weighted by Crippen LogP contribution is -2.46. The van der Waals surface area contributed by atoms with Gasteiger partial charge in [0.05, 0.1) is 11.4 Å². The molecule has 1 heterocycles. The summed E-state index contributed by atoms with van der Waals surface area (Å²) in [6.45, 7) is 7.64. The van der Waals surface area contributed by atoms with Crippen LogP contribution in [-0.2, 0) is 14.8 Å². The second-order valence-electron chi connectivity index (χ2n) is 9.36. The van der Waals surface area contributed by atoms with E-state index in [-0.39, 0.29) is 22.8 Å². The van der Waals surface area contributed by atoms with Crippen LogP contribution in [0.25, 0.3) is 0 Å². The summed E-state index contributed by atoms with van der Waals surface area (Å²) in [6.07, 6.45) is 6.19. The molecule has 1 aromatic carbocycles. The monoisotopic (exact) mass is 434 g/mol. The zero-order chi connectivity index (χ0) is 21.8. The van der Waals surface area contributed by atoms with Crippen molar-refractivity contribution < 1.29 is 13.2 Å². The van der Waals surface area contributed by atoms with E-state index in [0.717, 1.165) is 12.8 Å². The maximum atomic E-state index is 12.6. The molecule has 2 unspecified atom stereocenters. The Hall–Kier alpha value is -1.93. The molecule has 3 N–H and O–H groups in total. The Morgan fingerprint density at radius 2 is 1.93 bits per heavy atom. The highest BCUT2D eigenvalue weighted by molar-refractivity contribution is 7.90. The average Bonchev–Trinajstić information content (AvgIpc) is 3.18. The molecule has 0 saturated heterocycles. The van der Waals surface area contributed by atoms with Crippen molar-refractivity contribution in [3.8, 4) is 0 Å². The van der Waals surface area contributed by atoms with Crippen LogP contribution in [0.3, 0.4) is 0 Å². The fourth-order valence-corrected chi connectivity index (χ4v) is 5.55. The van der Waals surface area contributed by atoms with E-state index < -0.39 is 10.0 Å². The largest absolute Gasteiger partial charge is 0.325 e. The normalized spacial score (nSPS) is 22.4. The molecule has 7 nitrogen and oxygen atoms in total. The number of nitrogens with zero attached hydrogens (tertiary/aromatic N) is 1. The quantitative estimate of drug-likeness (QED) is 0.640. The van der Waals surface area contributed by atoms with Gasteiger partial charge in [0.2, 0.25) is 5.91 Å². The summed E-state index contributed by atoms with van der Waals surface area (Å²) in [6, 6.07) is 6.65. The molecule has 166 valence electrons. The van der Waals surface area contributed by atoms with Gasteiger partial charge in [0.25, 0.3) is 10.0 Å². The summed E-state index contributed by atoms with van der Waals surface area (Å²) in [7, 11) is -3.70. The van der Waals surface area contributed by atoms with E-state index in [9.17, 15) is 13.2 Å². The molecule has 2 atom stereocenters. The number of hydrogen-bond acceptors (Lipinski definition) is 5. The van der Waals surface area contributed by atoms with Gasteiger partial charge in [-0.1, -0.05) is 39.7 Å². The maximum Gasteiger partial charge on any atom is 0.262 e. The number of carbonyl (C=O) groups excluding carboxylic acids is 1. The van der Waals surface area contributed by atoms with Crippen molar-refractivity contribution in [2.45, 2.75) is 70.2 Å². The van der Waals surface area contributed by atoms with E-state index in [0.29, 0.717) is 36.4 Å². The second-order valence-corrected chi connectivity index (χ2v) is 11.0. The fraction of sp³-hybridized carbons (Fsp3) is 0.636. The van der Waals surface area contributed by atoms with E-state index in [1.165, 1.54) is 31.4 Å². The van der Waals surface area contributed by atoms with Crippen LogP contribution in [0.5, 0.6) is 0 Å². The summed E-state index contributed by atoms with van der Waals surface area (Å²) in [4.78, 5) is 16.8. The van der Waals surface area contributed by atoms with E-state index >= 15 is 0 Å². The summed E-state index contributed by atoms with van der Waals surface area (Å²) >= 11 is 0. The topological polar surface area (TPSA) is 99.7 Å². The van der Waals surface area contributed by atoms with Crippen LogP contribution < -0.4 is 15.4 Å². The van der Waals surface area contributed by atoms with Gasteiger partial charge >= 0.3 is 0 Å². The number of sulfonamides is 1. The van der Waals surface area contributed by atoms with Crippen LogP contribution in [0.15, 0.2) is 34.2 Å². The molecular formula is C22H34N4O3S. The number of anilines is 1. The van der Waals surface area contributed by atoms with Crippen molar-refractivity contribution >= 4 is 27.5 Å². The number of amides is 1. The number of hydrogen-bond donors (Lipinski definition) is 3. The third kappa shape index (κ3) is 6.04. The first-order valence-electron chi connectivity index (χ1n) is 10.8. The predicted octanol–water partition coefficient (Wildman–Crippen LogP) is 3.29. The third-order valence-electron chi connectivity index (χ3n) is 5.96. The van der Waals surface area contributed by atoms with Crippen molar-refractivity contribution in [1.29, 1.82) is 0 Å². The first-order chi connectivity index (χ1) is 14.1. The Kier molecular flexibility index (Phi) is 7.18. The number of rotatable bonds is 6.